The first kappa shape index (κ1) is 16.8. The first-order chi connectivity index (χ1) is 11.0. The maximum Gasteiger partial charge on any atom is 0.344 e. The number of carbonyl (C=O) groups excluding carboxylic acids is 1. The summed E-state index contributed by atoms with van der Waals surface area (Å²) in [6.07, 6.45) is -0.550. The molecule has 120 valence electrons. The van der Waals surface area contributed by atoms with Gasteiger partial charge in [0.25, 0.3) is 0 Å². The predicted octanol–water partition coefficient (Wildman–Crippen LogP) is 3.93. The molecule has 0 heterocycles. The molecule has 0 bridgehead atoms. The Hall–Kier alpha value is -2.60. The van der Waals surface area contributed by atoms with Crippen molar-refractivity contribution in [3.8, 4) is 5.75 Å². The third kappa shape index (κ3) is 4.43. The normalized spacial score (nSPS) is 11.6. The van der Waals surface area contributed by atoms with E-state index in [1.54, 1.807) is 37.3 Å². The summed E-state index contributed by atoms with van der Waals surface area (Å²) >= 11 is 6.03. The number of para-hydroxylation sites is 2. The smallest absolute Gasteiger partial charge is 0.344 e. The van der Waals surface area contributed by atoms with Crippen molar-refractivity contribution in [2.45, 2.75) is 13.0 Å². The second kappa shape index (κ2) is 7.60. The third-order valence-corrected chi connectivity index (χ3v) is 3.40. The van der Waals surface area contributed by atoms with Gasteiger partial charge in [0.2, 0.25) is 0 Å². The number of benzene rings is 2. The molecule has 2 aromatic carbocycles. The molecule has 0 unspecified atom stereocenters. The van der Waals surface area contributed by atoms with Crippen molar-refractivity contribution in [3.63, 3.8) is 0 Å². The lowest BCUT2D eigenvalue weighted by Crippen LogP contribution is -2.17. The van der Waals surface area contributed by atoms with Gasteiger partial charge in [0.15, 0.2) is 12.4 Å². The van der Waals surface area contributed by atoms with Crippen LogP contribution in [0.3, 0.4) is 0 Å². The number of hydrogen-bond acceptors (Lipinski definition) is 5. The van der Waals surface area contributed by atoms with Crippen LogP contribution in [0.1, 0.15) is 18.6 Å². The minimum absolute atomic E-state index is 0.0137. The van der Waals surface area contributed by atoms with E-state index in [2.05, 4.69) is 0 Å². The zero-order valence-corrected chi connectivity index (χ0v) is 13.0. The third-order valence-electron chi connectivity index (χ3n) is 3.06. The number of rotatable bonds is 6. The molecule has 0 fully saturated rings. The van der Waals surface area contributed by atoms with Crippen LogP contribution in [0.4, 0.5) is 5.69 Å². The Morgan fingerprint density at radius 3 is 2.57 bits per heavy atom. The molecular weight excluding hydrogens is 322 g/mol. The highest BCUT2D eigenvalue weighted by atomic mass is 35.5. The fourth-order valence-electron chi connectivity index (χ4n) is 1.97. The summed E-state index contributed by atoms with van der Waals surface area (Å²) in [5.74, 6) is -0.629. The van der Waals surface area contributed by atoms with Crippen LogP contribution in [-0.4, -0.2) is 17.5 Å². The summed E-state index contributed by atoms with van der Waals surface area (Å²) in [7, 11) is 0. The van der Waals surface area contributed by atoms with Gasteiger partial charge in [-0.15, -0.1) is 0 Å². The predicted molar refractivity (Wildman–Crippen MR) is 84.6 cm³/mol. The number of esters is 1. The lowest BCUT2D eigenvalue weighted by Gasteiger charge is -2.15. The van der Waals surface area contributed by atoms with Crippen LogP contribution in [0.25, 0.3) is 0 Å². The Kier molecular flexibility index (Phi) is 5.54. The standard InChI is InChI=1S/C16H14ClNO5/c1-11(12-6-2-3-7-13(12)17)23-16(19)10-22-15-9-5-4-8-14(15)18(20)21/h2-9,11H,10H2,1H3/t11-/m0/s1. The van der Waals surface area contributed by atoms with Crippen molar-refractivity contribution in [1.82, 2.24) is 0 Å². The molecule has 0 amide bonds. The first-order valence-corrected chi connectivity index (χ1v) is 7.17. The van der Waals surface area contributed by atoms with Crippen LogP contribution in [0.2, 0.25) is 5.02 Å². The highest BCUT2D eigenvalue weighted by Crippen LogP contribution is 2.27. The van der Waals surface area contributed by atoms with Gasteiger partial charge in [0.05, 0.1) is 4.92 Å². The SMILES string of the molecule is C[C@H](OC(=O)COc1ccccc1[N+](=O)[O-])c1ccccc1Cl. The van der Waals surface area contributed by atoms with E-state index >= 15 is 0 Å². The lowest BCUT2D eigenvalue weighted by atomic mass is 10.1. The van der Waals surface area contributed by atoms with E-state index in [1.807, 2.05) is 0 Å². The molecule has 0 N–H and O–H groups in total. The number of nitro benzene ring substituents is 1. The molecule has 0 aliphatic rings. The average molecular weight is 336 g/mol. The maximum atomic E-state index is 11.8. The van der Waals surface area contributed by atoms with E-state index in [0.29, 0.717) is 10.6 Å². The zero-order valence-electron chi connectivity index (χ0n) is 12.3. The number of ether oxygens (including phenoxy) is 2. The Morgan fingerprint density at radius 1 is 1.22 bits per heavy atom. The molecule has 1 atom stereocenters. The highest BCUT2D eigenvalue weighted by molar-refractivity contribution is 6.31. The van der Waals surface area contributed by atoms with Crippen molar-refractivity contribution in [2.24, 2.45) is 0 Å². The molecule has 0 radical (unpaired) electrons. The van der Waals surface area contributed by atoms with Gasteiger partial charge in [-0.1, -0.05) is 41.9 Å². The van der Waals surface area contributed by atoms with Crippen molar-refractivity contribution >= 4 is 23.3 Å². The van der Waals surface area contributed by atoms with Gasteiger partial charge in [-0.05, 0) is 19.1 Å². The summed E-state index contributed by atoms with van der Waals surface area (Å²) < 4.78 is 10.4. The van der Waals surface area contributed by atoms with E-state index < -0.39 is 23.6 Å². The molecule has 0 aromatic heterocycles. The van der Waals surface area contributed by atoms with Crippen LogP contribution in [0.5, 0.6) is 5.75 Å². The van der Waals surface area contributed by atoms with Gasteiger partial charge in [0, 0.05) is 16.7 Å². The van der Waals surface area contributed by atoms with Crippen molar-refractivity contribution in [3.05, 3.63) is 69.2 Å². The number of carbonyl (C=O) groups is 1. The number of nitrogens with zero attached hydrogens (tertiary/aromatic N) is 1. The minimum atomic E-state index is -0.643. The van der Waals surface area contributed by atoms with Gasteiger partial charge >= 0.3 is 11.7 Å². The van der Waals surface area contributed by atoms with Crippen molar-refractivity contribution in [1.29, 1.82) is 0 Å². The van der Waals surface area contributed by atoms with Gasteiger partial charge in [-0.3, -0.25) is 10.1 Å². The topological polar surface area (TPSA) is 78.7 Å². The van der Waals surface area contributed by atoms with Gasteiger partial charge in [-0.2, -0.15) is 0 Å². The number of halogens is 1. The Labute approximate surface area is 137 Å². The fourth-order valence-corrected chi connectivity index (χ4v) is 2.26. The molecule has 0 spiro atoms. The van der Waals surface area contributed by atoms with E-state index in [-0.39, 0.29) is 11.4 Å². The second-order valence-corrected chi connectivity index (χ2v) is 5.07. The summed E-state index contributed by atoms with van der Waals surface area (Å²) in [6, 6.07) is 12.8. The van der Waals surface area contributed by atoms with Crippen LogP contribution in [-0.2, 0) is 9.53 Å². The second-order valence-electron chi connectivity index (χ2n) is 4.67. The quantitative estimate of drug-likeness (QED) is 0.454. The molecule has 7 heteroatoms. The monoisotopic (exact) mass is 335 g/mol. The summed E-state index contributed by atoms with van der Waals surface area (Å²) in [6.45, 7) is 1.25. The van der Waals surface area contributed by atoms with E-state index in [1.165, 1.54) is 18.2 Å². The average Bonchev–Trinajstić information content (AvgIpc) is 2.53. The lowest BCUT2D eigenvalue weighted by molar-refractivity contribution is -0.385. The van der Waals surface area contributed by atoms with Crippen molar-refractivity contribution in [2.75, 3.05) is 6.61 Å². The molecule has 0 saturated carbocycles. The van der Waals surface area contributed by atoms with E-state index in [4.69, 9.17) is 21.1 Å². The van der Waals surface area contributed by atoms with Crippen molar-refractivity contribution < 1.29 is 19.2 Å². The largest absolute Gasteiger partial charge is 0.475 e. The van der Waals surface area contributed by atoms with Gasteiger partial charge < -0.3 is 9.47 Å². The Morgan fingerprint density at radius 2 is 1.87 bits per heavy atom. The summed E-state index contributed by atoms with van der Waals surface area (Å²) in [5.41, 5.74) is 0.465. The summed E-state index contributed by atoms with van der Waals surface area (Å²) in [4.78, 5) is 22.1. The molecule has 6 nitrogen and oxygen atoms in total. The molecule has 0 saturated heterocycles. The Balaban J connectivity index is 1.96. The van der Waals surface area contributed by atoms with E-state index in [0.717, 1.165) is 0 Å². The van der Waals surface area contributed by atoms with E-state index in [9.17, 15) is 14.9 Å². The molecule has 0 aliphatic heterocycles. The highest BCUT2D eigenvalue weighted by Gasteiger charge is 2.18. The molecular formula is C16H14ClNO5. The molecule has 0 aliphatic carbocycles. The fraction of sp³-hybridized carbons (Fsp3) is 0.188. The molecule has 2 rings (SSSR count). The van der Waals surface area contributed by atoms with Gasteiger partial charge in [-0.25, -0.2) is 4.79 Å². The Bertz CT molecular complexity index is 719. The zero-order chi connectivity index (χ0) is 16.8. The maximum absolute atomic E-state index is 11.8. The number of hydrogen-bond donors (Lipinski definition) is 0. The number of nitro groups is 1. The van der Waals surface area contributed by atoms with Crippen LogP contribution < -0.4 is 4.74 Å². The first-order valence-electron chi connectivity index (χ1n) is 6.79. The van der Waals surface area contributed by atoms with Crippen LogP contribution in [0, 0.1) is 10.1 Å². The van der Waals surface area contributed by atoms with Crippen LogP contribution >= 0.6 is 11.6 Å². The van der Waals surface area contributed by atoms with Gasteiger partial charge in [0.1, 0.15) is 6.10 Å². The summed E-state index contributed by atoms with van der Waals surface area (Å²) in [5, 5.41) is 11.4. The molecule has 23 heavy (non-hydrogen) atoms. The van der Waals surface area contributed by atoms with Crippen LogP contribution in [0.15, 0.2) is 48.5 Å². The minimum Gasteiger partial charge on any atom is -0.475 e. The molecule has 2 aromatic rings.